The fourth-order valence-electron chi connectivity index (χ4n) is 2.80. The Morgan fingerprint density at radius 3 is 3.08 bits per heavy atom. The van der Waals surface area contributed by atoms with Gasteiger partial charge in [0.25, 0.3) is 11.1 Å². The molecule has 134 valence electrons. The summed E-state index contributed by atoms with van der Waals surface area (Å²) >= 11 is 0. The zero-order valence-electron chi connectivity index (χ0n) is 14.4. The lowest BCUT2D eigenvalue weighted by molar-refractivity contribution is -0.0249. The van der Waals surface area contributed by atoms with Gasteiger partial charge in [-0.2, -0.15) is 0 Å². The number of morpholine rings is 1. The van der Waals surface area contributed by atoms with Crippen LogP contribution in [0.25, 0.3) is 0 Å². The number of hydrogen-bond donors (Lipinski definition) is 2. The number of hydrogen-bond acceptors (Lipinski definition) is 7. The quantitative estimate of drug-likeness (QED) is 0.751. The van der Waals surface area contributed by atoms with Crippen LogP contribution in [0.15, 0.2) is 28.0 Å². The highest BCUT2D eigenvalue weighted by atomic mass is 16.5. The lowest BCUT2D eigenvalue weighted by Gasteiger charge is -2.32. The smallest absolute Gasteiger partial charge is 0.293 e. The summed E-state index contributed by atoms with van der Waals surface area (Å²) in [5.74, 6) is 0.965. The van der Waals surface area contributed by atoms with Crippen LogP contribution in [0.3, 0.4) is 0 Å². The molecule has 1 aliphatic heterocycles. The molecule has 25 heavy (non-hydrogen) atoms. The van der Waals surface area contributed by atoms with Crippen molar-refractivity contribution in [1.29, 1.82) is 0 Å². The maximum Gasteiger partial charge on any atom is 0.293 e. The van der Waals surface area contributed by atoms with E-state index >= 15 is 0 Å². The average molecular weight is 346 g/mol. The van der Waals surface area contributed by atoms with Gasteiger partial charge in [0.1, 0.15) is 5.82 Å². The van der Waals surface area contributed by atoms with Crippen LogP contribution in [0.4, 0.5) is 5.82 Å². The molecule has 0 aromatic carbocycles. The Morgan fingerprint density at radius 2 is 2.28 bits per heavy atom. The third-order valence-electron chi connectivity index (χ3n) is 4.03. The lowest BCUT2D eigenvalue weighted by Crippen LogP contribution is -2.45. The van der Waals surface area contributed by atoms with Gasteiger partial charge < -0.3 is 19.6 Å². The number of aryl methyl sites for hydroxylation is 2. The molecule has 3 rings (SSSR count). The summed E-state index contributed by atoms with van der Waals surface area (Å²) in [5.41, 5.74) is 0.396. The van der Waals surface area contributed by atoms with E-state index in [4.69, 9.17) is 4.74 Å². The van der Waals surface area contributed by atoms with Gasteiger partial charge in [0.2, 0.25) is 0 Å². The molecule has 0 aliphatic carbocycles. The number of rotatable bonds is 5. The van der Waals surface area contributed by atoms with Crippen LogP contribution in [-0.4, -0.2) is 56.8 Å². The van der Waals surface area contributed by atoms with E-state index < -0.39 is 0 Å². The molecule has 3 heterocycles. The predicted octanol–water partition coefficient (Wildman–Crippen LogP) is -0.515. The van der Waals surface area contributed by atoms with E-state index in [0.717, 1.165) is 6.54 Å². The second-order valence-electron chi connectivity index (χ2n) is 6.13. The minimum atomic E-state index is -0.170. The van der Waals surface area contributed by atoms with E-state index in [2.05, 4.69) is 25.2 Å². The Morgan fingerprint density at radius 1 is 1.44 bits per heavy atom. The van der Waals surface area contributed by atoms with Crippen LogP contribution in [0.1, 0.15) is 11.5 Å². The highest BCUT2D eigenvalue weighted by Gasteiger charge is 2.21. The van der Waals surface area contributed by atoms with Crippen molar-refractivity contribution in [1.82, 2.24) is 24.4 Å². The van der Waals surface area contributed by atoms with E-state index in [1.54, 1.807) is 26.4 Å². The highest BCUT2D eigenvalue weighted by Crippen LogP contribution is 2.08. The SMILES string of the molecule is Cc1cc(=O)[nH]c(CN2CCOC(CNc3nccn(C)c3=O)C2)n1. The zero-order chi connectivity index (χ0) is 17.8. The monoisotopic (exact) mass is 346 g/mol. The molecule has 1 saturated heterocycles. The van der Waals surface area contributed by atoms with E-state index in [1.807, 2.05) is 0 Å². The first-order valence-corrected chi connectivity index (χ1v) is 8.17. The van der Waals surface area contributed by atoms with Gasteiger partial charge in [0, 0.05) is 50.8 Å². The minimum absolute atomic E-state index is 0.0722. The van der Waals surface area contributed by atoms with Gasteiger partial charge in [-0.15, -0.1) is 0 Å². The first-order valence-electron chi connectivity index (χ1n) is 8.17. The van der Waals surface area contributed by atoms with Crippen molar-refractivity contribution in [3.05, 3.63) is 50.7 Å². The third-order valence-corrected chi connectivity index (χ3v) is 4.03. The Labute approximate surface area is 144 Å². The second-order valence-corrected chi connectivity index (χ2v) is 6.13. The second kappa shape index (κ2) is 7.58. The molecule has 1 unspecified atom stereocenters. The highest BCUT2D eigenvalue weighted by molar-refractivity contribution is 5.30. The fourth-order valence-corrected chi connectivity index (χ4v) is 2.80. The molecule has 0 amide bonds. The molecular weight excluding hydrogens is 324 g/mol. The first kappa shape index (κ1) is 17.3. The summed E-state index contributed by atoms with van der Waals surface area (Å²) in [7, 11) is 1.68. The molecule has 0 bridgehead atoms. The van der Waals surface area contributed by atoms with Gasteiger partial charge in [-0.1, -0.05) is 0 Å². The zero-order valence-corrected chi connectivity index (χ0v) is 14.4. The Hall–Kier alpha value is -2.52. The molecule has 0 saturated carbocycles. The van der Waals surface area contributed by atoms with E-state index in [0.29, 0.717) is 43.6 Å². The van der Waals surface area contributed by atoms with Gasteiger partial charge in [0.05, 0.1) is 19.3 Å². The van der Waals surface area contributed by atoms with Crippen LogP contribution in [0.5, 0.6) is 0 Å². The average Bonchev–Trinajstić information content (AvgIpc) is 2.56. The van der Waals surface area contributed by atoms with Gasteiger partial charge in [-0.25, -0.2) is 9.97 Å². The van der Waals surface area contributed by atoms with Crippen molar-refractivity contribution in [2.24, 2.45) is 7.05 Å². The molecule has 0 radical (unpaired) electrons. The number of aromatic amines is 1. The van der Waals surface area contributed by atoms with Crippen LogP contribution in [-0.2, 0) is 18.3 Å². The molecule has 2 aromatic rings. The molecule has 9 nitrogen and oxygen atoms in total. The van der Waals surface area contributed by atoms with Crippen LogP contribution in [0.2, 0.25) is 0 Å². The van der Waals surface area contributed by atoms with Gasteiger partial charge in [0.15, 0.2) is 5.82 Å². The van der Waals surface area contributed by atoms with Crippen LogP contribution >= 0.6 is 0 Å². The lowest BCUT2D eigenvalue weighted by atomic mass is 10.2. The molecule has 1 fully saturated rings. The number of anilines is 1. The number of H-pyrrole nitrogens is 1. The maximum atomic E-state index is 12.0. The van der Waals surface area contributed by atoms with Crippen molar-refractivity contribution in [3.63, 3.8) is 0 Å². The topological polar surface area (TPSA) is 105 Å². The van der Waals surface area contributed by atoms with Crippen LogP contribution < -0.4 is 16.4 Å². The van der Waals surface area contributed by atoms with E-state index in [1.165, 1.54) is 10.6 Å². The molecular formula is C16H22N6O3. The van der Waals surface area contributed by atoms with Crippen LogP contribution in [0, 0.1) is 6.92 Å². The van der Waals surface area contributed by atoms with Crippen molar-refractivity contribution in [2.45, 2.75) is 19.6 Å². The first-order chi connectivity index (χ1) is 12.0. The number of nitrogens with zero attached hydrogens (tertiary/aromatic N) is 4. The molecule has 9 heteroatoms. The summed E-state index contributed by atoms with van der Waals surface area (Å²) in [5, 5.41) is 3.06. The van der Waals surface area contributed by atoms with Gasteiger partial charge in [-0.3, -0.25) is 14.5 Å². The fraction of sp³-hybridized carbons (Fsp3) is 0.500. The molecule has 2 N–H and O–H groups in total. The summed E-state index contributed by atoms with van der Waals surface area (Å²) in [6.07, 6.45) is 3.12. The summed E-state index contributed by atoms with van der Waals surface area (Å²) in [6, 6.07) is 1.48. The molecule has 1 aliphatic rings. The third kappa shape index (κ3) is 4.52. The van der Waals surface area contributed by atoms with E-state index in [-0.39, 0.29) is 17.2 Å². The minimum Gasteiger partial charge on any atom is -0.374 e. The molecule has 1 atom stereocenters. The normalized spacial score (nSPS) is 18.2. The largest absolute Gasteiger partial charge is 0.374 e. The van der Waals surface area contributed by atoms with Crippen molar-refractivity contribution < 1.29 is 4.74 Å². The number of ether oxygens (including phenoxy) is 1. The summed E-state index contributed by atoms with van der Waals surface area (Å²) in [4.78, 5) is 36.9. The molecule has 0 spiro atoms. The van der Waals surface area contributed by atoms with Crippen molar-refractivity contribution >= 4 is 5.82 Å². The van der Waals surface area contributed by atoms with Crippen molar-refractivity contribution in [3.8, 4) is 0 Å². The Balaban J connectivity index is 1.58. The summed E-state index contributed by atoms with van der Waals surface area (Å²) in [6.45, 7) is 4.88. The standard InChI is InChI=1S/C16H22N6O3/c1-11-7-14(23)20-13(19-11)10-22-5-6-25-12(9-22)8-18-15-16(24)21(2)4-3-17-15/h3-4,7,12H,5-6,8-10H2,1-2H3,(H,17,18)(H,19,20,23). The number of aromatic nitrogens is 4. The Kier molecular flexibility index (Phi) is 5.25. The summed E-state index contributed by atoms with van der Waals surface area (Å²) < 4.78 is 7.23. The van der Waals surface area contributed by atoms with Gasteiger partial charge >= 0.3 is 0 Å². The van der Waals surface area contributed by atoms with Crippen molar-refractivity contribution in [2.75, 3.05) is 31.6 Å². The van der Waals surface area contributed by atoms with E-state index in [9.17, 15) is 9.59 Å². The molecule has 2 aromatic heterocycles. The predicted molar refractivity (Wildman–Crippen MR) is 92.6 cm³/mol. The number of nitrogens with one attached hydrogen (secondary N) is 2. The Bertz CT molecular complexity index is 846. The van der Waals surface area contributed by atoms with Gasteiger partial charge in [-0.05, 0) is 6.92 Å². The maximum absolute atomic E-state index is 12.0.